The molecule has 0 aliphatic carbocycles. The van der Waals surface area contributed by atoms with E-state index in [1.165, 1.54) is 36.8 Å². The zero-order valence-corrected chi connectivity index (χ0v) is 19.2. The number of benzene rings is 2. The van der Waals surface area contributed by atoms with Gasteiger partial charge in [0.05, 0.1) is 17.0 Å². The molecule has 0 aliphatic rings. The molecule has 1 N–H and O–H groups in total. The Bertz CT molecular complexity index is 1480. The van der Waals surface area contributed by atoms with E-state index >= 15 is 0 Å². The minimum absolute atomic E-state index is 0.0528. The average molecular weight is 479 g/mol. The van der Waals surface area contributed by atoms with Gasteiger partial charge in [-0.3, -0.25) is 14.6 Å². The van der Waals surface area contributed by atoms with E-state index in [1.54, 1.807) is 36.4 Å². The molecule has 8 nitrogen and oxygen atoms in total. The van der Waals surface area contributed by atoms with Gasteiger partial charge in [-0.15, -0.1) is 0 Å². The quantitative estimate of drug-likeness (QED) is 0.363. The highest BCUT2D eigenvalue weighted by Crippen LogP contribution is 2.30. The van der Waals surface area contributed by atoms with Gasteiger partial charge in [-0.2, -0.15) is 0 Å². The number of carbonyl (C=O) groups excluding carboxylic acids is 1. The van der Waals surface area contributed by atoms with Crippen molar-refractivity contribution in [2.24, 2.45) is 0 Å². The molecule has 0 saturated carbocycles. The Hall–Kier alpha value is -3.98. The van der Waals surface area contributed by atoms with E-state index in [-0.39, 0.29) is 29.1 Å². The highest BCUT2D eigenvalue weighted by atomic mass is 32.2. The van der Waals surface area contributed by atoms with Crippen LogP contribution < -0.4 is 4.74 Å². The number of pyridine rings is 1. The van der Waals surface area contributed by atoms with E-state index in [4.69, 9.17) is 9.84 Å². The summed E-state index contributed by atoms with van der Waals surface area (Å²) in [5.74, 6) is -0.737. The van der Waals surface area contributed by atoms with Crippen LogP contribution in [-0.2, 0) is 21.2 Å². The zero-order valence-electron chi connectivity index (χ0n) is 18.3. The van der Waals surface area contributed by atoms with Crippen molar-refractivity contribution < 1.29 is 27.9 Å². The summed E-state index contributed by atoms with van der Waals surface area (Å²) >= 11 is 0. The van der Waals surface area contributed by atoms with E-state index in [2.05, 4.69) is 4.98 Å². The molecule has 2 heterocycles. The number of nitrogens with zero attached hydrogens (tertiary/aromatic N) is 2. The van der Waals surface area contributed by atoms with Gasteiger partial charge in [-0.25, -0.2) is 12.4 Å². The maximum atomic E-state index is 13.6. The van der Waals surface area contributed by atoms with Crippen molar-refractivity contribution in [3.05, 3.63) is 89.9 Å². The standard InChI is InChI=1S/C25H22N2O6S/c1-2-33-20-7-8-23-22(15-20)19(6-9-24(28)29)16-27(23)34(31,32)21-5-3-4-18(14-21)25(30)17-10-12-26-13-11-17/h3-5,7-8,10-16H,2,6,9H2,1H3,(H,28,29). The molecule has 0 amide bonds. The van der Waals surface area contributed by atoms with Gasteiger partial charge in [0.1, 0.15) is 5.75 Å². The van der Waals surface area contributed by atoms with Crippen LogP contribution in [0, 0.1) is 0 Å². The Labute approximate surface area is 196 Å². The maximum absolute atomic E-state index is 13.6. The molecule has 0 bridgehead atoms. The number of hydrogen-bond acceptors (Lipinski definition) is 6. The fraction of sp³-hybridized carbons (Fsp3) is 0.160. The number of carboxylic acids is 1. The van der Waals surface area contributed by atoms with Gasteiger partial charge in [-0.05, 0) is 61.4 Å². The summed E-state index contributed by atoms with van der Waals surface area (Å²) in [6, 6.07) is 14.0. The summed E-state index contributed by atoms with van der Waals surface area (Å²) < 4.78 is 33.9. The molecular formula is C25H22N2O6S. The average Bonchev–Trinajstić information content (AvgIpc) is 3.22. The van der Waals surface area contributed by atoms with Crippen molar-refractivity contribution in [3.8, 4) is 5.75 Å². The molecule has 2 aromatic heterocycles. The third-order valence-corrected chi connectivity index (χ3v) is 7.01. The highest BCUT2D eigenvalue weighted by molar-refractivity contribution is 7.90. The minimum Gasteiger partial charge on any atom is -0.494 e. The van der Waals surface area contributed by atoms with Crippen LogP contribution in [0.4, 0.5) is 0 Å². The second-order valence-electron chi connectivity index (χ2n) is 7.55. The van der Waals surface area contributed by atoms with Crippen LogP contribution in [0.2, 0.25) is 0 Å². The molecule has 0 atom stereocenters. The lowest BCUT2D eigenvalue weighted by Gasteiger charge is -2.10. The Kier molecular flexibility index (Phi) is 6.47. The number of ether oxygens (including phenoxy) is 1. The molecule has 0 aliphatic heterocycles. The lowest BCUT2D eigenvalue weighted by atomic mass is 10.1. The third kappa shape index (κ3) is 4.55. The first-order valence-electron chi connectivity index (χ1n) is 10.6. The molecule has 34 heavy (non-hydrogen) atoms. The molecule has 0 unspecified atom stereocenters. The van der Waals surface area contributed by atoms with E-state index < -0.39 is 16.0 Å². The van der Waals surface area contributed by atoms with Crippen LogP contribution in [0.25, 0.3) is 10.9 Å². The number of ketones is 1. The van der Waals surface area contributed by atoms with Crippen LogP contribution >= 0.6 is 0 Å². The second-order valence-corrected chi connectivity index (χ2v) is 9.37. The number of carbonyl (C=O) groups is 2. The van der Waals surface area contributed by atoms with Crippen LogP contribution in [0.1, 0.15) is 34.8 Å². The molecule has 4 rings (SSSR count). The highest BCUT2D eigenvalue weighted by Gasteiger charge is 2.23. The van der Waals surface area contributed by atoms with Crippen LogP contribution in [0.5, 0.6) is 5.75 Å². The molecule has 2 aromatic carbocycles. The smallest absolute Gasteiger partial charge is 0.303 e. The maximum Gasteiger partial charge on any atom is 0.303 e. The van der Waals surface area contributed by atoms with Gasteiger partial charge >= 0.3 is 5.97 Å². The molecule has 0 radical (unpaired) electrons. The first kappa shape index (κ1) is 23.2. The monoisotopic (exact) mass is 478 g/mol. The molecule has 0 saturated heterocycles. The number of fused-ring (bicyclic) bond motifs is 1. The van der Waals surface area contributed by atoms with E-state index in [0.29, 0.717) is 34.4 Å². The number of hydrogen-bond donors (Lipinski definition) is 1. The van der Waals surface area contributed by atoms with Gasteiger partial charge in [0.25, 0.3) is 10.0 Å². The van der Waals surface area contributed by atoms with Crippen molar-refractivity contribution in [2.45, 2.75) is 24.7 Å². The Balaban J connectivity index is 1.80. The predicted octanol–water partition coefficient (Wildman–Crippen LogP) is 3.92. The van der Waals surface area contributed by atoms with Crippen molar-refractivity contribution in [2.75, 3.05) is 6.61 Å². The lowest BCUT2D eigenvalue weighted by Crippen LogP contribution is -2.13. The molecule has 0 fully saturated rings. The van der Waals surface area contributed by atoms with Crippen molar-refractivity contribution in [1.82, 2.24) is 8.96 Å². The zero-order chi connectivity index (χ0) is 24.3. The van der Waals surface area contributed by atoms with Gasteiger partial charge in [0, 0.05) is 41.5 Å². The molecule has 9 heteroatoms. The van der Waals surface area contributed by atoms with Crippen molar-refractivity contribution >= 4 is 32.7 Å². The van der Waals surface area contributed by atoms with Crippen LogP contribution in [0.15, 0.2) is 78.1 Å². The Morgan fingerprint density at radius 2 is 1.79 bits per heavy atom. The SMILES string of the molecule is CCOc1ccc2c(c1)c(CCC(=O)O)cn2S(=O)(=O)c1cccc(C(=O)c2ccncc2)c1. The summed E-state index contributed by atoms with van der Waals surface area (Å²) in [7, 11) is -4.08. The number of rotatable bonds is 9. The largest absolute Gasteiger partial charge is 0.494 e. The van der Waals surface area contributed by atoms with Gasteiger partial charge < -0.3 is 9.84 Å². The van der Waals surface area contributed by atoms with Crippen LogP contribution in [0.3, 0.4) is 0 Å². The number of aryl methyl sites for hydroxylation is 1. The fourth-order valence-electron chi connectivity index (χ4n) is 3.72. The van der Waals surface area contributed by atoms with Gasteiger partial charge in [0.15, 0.2) is 5.78 Å². The number of aromatic nitrogens is 2. The number of aliphatic carboxylic acids is 1. The lowest BCUT2D eigenvalue weighted by molar-refractivity contribution is -0.136. The van der Waals surface area contributed by atoms with Crippen LogP contribution in [-0.4, -0.2) is 40.8 Å². The number of carboxylic acid groups (broad SMARTS) is 1. The first-order chi connectivity index (χ1) is 16.3. The van der Waals surface area contributed by atoms with Gasteiger partial charge in [-0.1, -0.05) is 12.1 Å². The molecule has 0 spiro atoms. The van der Waals surface area contributed by atoms with Gasteiger partial charge in [0.2, 0.25) is 0 Å². The summed E-state index contributed by atoms with van der Waals surface area (Å²) in [6.45, 7) is 2.28. The topological polar surface area (TPSA) is 116 Å². The second kappa shape index (κ2) is 9.48. The summed E-state index contributed by atoms with van der Waals surface area (Å²) in [6.07, 6.45) is 4.44. The van der Waals surface area contributed by atoms with E-state index in [0.717, 1.165) is 3.97 Å². The summed E-state index contributed by atoms with van der Waals surface area (Å²) in [4.78, 5) is 27.8. The van der Waals surface area contributed by atoms with E-state index in [1.807, 2.05) is 6.92 Å². The summed E-state index contributed by atoms with van der Waals surface area (Å²) in [5.41, 5.74) is 1.60. The molecule has 4 aromatic rings. The van der Waals surface area contributed by atoms with Crippen molar-refractivity contribution in [3.63, 3.8) is 0 Å². The fourth-order valence-corrected chi connectivity index (χ4v) is 5.16. The summed E-state index contributed by atoms with van der Waals surface area (Å²) in [5, 5.41) is 9.72. The molecular weight excluding hydrogens is 456 g/mol. The predicted molar refractivity (Wildman–Crippen MR) is 126 cm³/mol. The minimum atomic E-state index is -4.08. The third-order valence-electron chi connectivity index (χ3n) is 5.34. The normalized spacial score (nSPS) is 11.4. The molecule has 174 valence electrons. The Morgan fingerprint density at radius 1 is 1.03 bits per heavy atom. The van der Waals surface area contributed by atoms with E-state index in [9.17, 15) is 18.0 Å². The van der Waals surface area contributed by atoms with Crippen molar-refractivity contribution in [1.29, 1.82) is 0 Å². The first-order valence-corrected chi connectivity index (χ1v) is 12.0. The Morgan fingerprint density at radius 3 is 2.50 bits per heavy atom.